The highest BCUT2D eigenvalue weighted by Crippen LogP contribution is 2.31. The molecule has 1 unspecified atom stereocenters. The third-order valence-electron chi connectivity index (χ3n) is 2.35. The minimum absolute atomic E-state index is 0.0274. The zero-order chi connectivity index (χ0) is 12.5. The molecule has 0 aromatic heterocycles. The summed E-state index contributed by atoms with van der Waals surface area (Å²) in [4.78, 5) is -0.0274. The van der Waals surface area contributed by atoms with E-state index in [1.807, 2.05) is 0 Å². The maximum atomic E-state index is 11.4. The van der Waals surface area contributed by atoms with Crippen molar-refractivity contribution in [2.45, 2.75) is 17.4 Å². The van der Waals surface area contributed by atoms with Crippen molar-refractivity contribution in [3.8, 4) is 5.75 Å². The van der Waals surface area contributed by atoms with E-state index in [0.29, 0.717) is 17.7 Å². The van der Waals surface area contributed by atoms with E-state index < -0.39 is 9.05 Å². The number of hydrogen-bond acceptors (Lipinski definition) is 4. The highest BCUT2D eigenvalue weighted by Gasteiger charge is 2.22. The predicted octanol–water partition coefficient (Wildman–Crippen LogP) is 2.54. The summed E-state index contributed by atoms with van der Waals surface area (Å²) in [5.41, 5.74) is 0. The summed E-state index contributed by atoms with van der Waals surface area (Å²) in [6, 6.07) is 4.71. The Balaban J connectivity index is 2.32. The fourth-order valence-electron chi connectivity index (χ4n) is 1.56. The summed E-state index contributed by atoms with van der Waals surface area (Å²) >= 11 is 3.20. The molecule has 4 nitrogen and oxygen atoms in total. The van der Waals surface area contributed by atoms with Crippen molar-refractivity contribution >= 4 is 35.7 Å². The van der Waals surface area contributed by atoms with Gasteiger partial charge in [0.05, 0.1) is 13.2 Å². The van der Waals surface area contributed by atoms with Crippen LogP contribution in [-0.2, 0) is 13.8 Å². The molecule has 0 bridgehead atoms. The van der Waals surface area contributed by atoms with Crippen LogP contribution >= 0.6 is 26.6 Å². The topological polar surface area (TPSA) is 52.6 Å². The van der Waals surface area contributed by atoms with Crippen LogP contribution in [0.3, 0.4) is 0 Å². The van der Waals surface area contributed by atoms with Crippen LogP contribution < -0.4 is 4.74 Å². The highest BCUT2D eigenvalue weighted by atomic mass is 79.9. The maximum Gasteiger partial charge on any atom is 0.265 e. The monoisotopic (exact) mass is 340 g/mol. The van der Waals surface area contributed by atoms with E-state index in [0.717, 1.165) is 6.42 Å². The molecular weight excluding hydrogens is 332 g/mol. The van der Waals surface area contributed by atoms with Gasteiger partial charge in [-0.1, -0.05) is 15.9 Å². The van der Waals surface area contributed by atoms with Crippen LogP contribution in [0, 0.1) is 0 Å². The minimum atomic E-state index is -3.82. The van der Waals surface area contributed by atoms with E-state index in [1.54, 1.807) is 12.1 Å². The smallest absolute Gasteiger partial charge is 0.265 e. The fraction of sp³-hybridized carbons (Fsp3) is 0.400. The van der Waals surface area contributed by atoms with E-state index in [2.05, 4.69) is 15.9 Å². The van der Waals surface area contributed by atoms with E-state index in [9.17, 15) is 8.42 Å². The first-order valence-electron chi connectivity index (χ1n) is 4.95. The van der Waals surface area contributed by atoms with Crippen molar-refractivity contribution in [2.24, 2.45) is 0 Å². The van der Waals surface area contributed by atoms with Gasteiger partial charge in [-0.15, -0.1) is 0 Å². The predicted molar refractivity (Wildman–Crippen MR) is 67.0 cm³/mol. The zero-order valence-electron chi connectivity index (χ0n) is 8.73. The molecule has 0 spiro atoms. The quantitative estimate of drug-likeness (QED) is 0.793. The lowest BCUT2D eigenvalue weighted by Crippen LogP contribution is -2.16. The first-order valence-corrected chi connectivity index (χ1v) is 8.05. The average Bonchev–Trinajstić information content (AvgIpc) is 2.72. The van der Waals surface area contributed by atoms with Crippen LogP contribution in [0.5, 0.6) is 5.75 Å². The second-order valence-corrected chi connectivity index (χ2v) is 7.08. The number of benzene rings is 1. The van der Waals surface area contributed by atoms with Crippen molar-refractivity contribution in [1.82, 2.24) is 0 Å². The lowest BCUT2D eigenvalue weighted by Gasteiger charge is -2.14. The van der Waals surface area contributed by atoms with Crippen LogP contribution in [0.4, 0.5) is 0 Å². The number of hydrogen-bond donors (Lipinski definition) is 0. The van der Waals surface area contributed by atoms with Gasteiger partial charge in [0.25, 0.3) is 9.05 Å². The van der Waals surface area contributed by atoms with Gasteiger partial charge in [0.2, 0.25) is 0 Å². The largest absolute Gasteiger partial charge is 0.487 e. The molecule has 1 aliphatic rings. The fourth-order valence-corrected chi connectivity index (χ4v) is 3.05. The molecule has 17 heavy (non-hydrogen) atoms. The van der Waals surface area contributed by atoms with E-state index in [-0.39, 0.29) is 16.7 Å². The molecule has 0 radical (unpaired) electrons. The summed E-state index contributed by atoms with van der Waals surface area (Å²) in [6.45, 7) is 1.10. The average molecular weight is 342 g/mol. The Labute approximate surface area is 112 Å². The Morgan fingerprint density at radius 1 is 1.47 bits per heavy atom. The minimum Gasteiger partial charge on any atom is -0.487 e. The number of halogens is 2. The Hall–Kier alpha value is -0.300. The molecule has 7 heteroatoms. The summed E-state index contributed by atoms with van der Waals surface area (Å²) in [7, 11) is 1.54. The Bertz CT molecular complexity index is 511. The maximum absolute atomic E-state index is 11.4. The molecule has 0 amide bonds. The summed E-state index contributed by atoms with van der Waals surface area (Å²) in [5, 5.41) is 0. The van der Waals surface area contributed by atoms with Gasteiger partial charge >= 0.3 is 0 Å². The Morgan fingerprint density at radius 3 is 2.82 bits per heavy atom. The van der Waals surface area contributed by atoms with Gasteiger partial charge in [0.15, 0.2) is 0 Å². The van der Waals surface area contributed by atoms with Crippen molar-refractivity contribution in [1.29, 1.82) is 0 Å². The third-order valence-corrected chi connectivity index (χ3v) is 4.19. The molecule has 1 aliphatic heterocycles. The SMILES string of the molecule is O=S(=O)(Cl)c1cc(Br)ccc1OC1CCOC1. The molecule has 0 saturated carbocycles. The van der Waals surface area contributed by atoms with E-state index in [4.69, 9.17) is 20.2 Å². The normalized spacial score (nSPS) is 20.5. The zero-order valence-corrected chi connectivity index (χ0v) is 11.9. The number of rotatable bonds is 3. The van der Waals surface area contributed by atoms with Crippen LogP contribution in [0.25, 0.3) is 0 Å². The Morgan fingerprint density at radius 2 is 2.24 bits per heavy atom. The van der Waals surface area contributed by atoms with Gasteiger partial charge in [-0.3, -0.25) is 0 Å². The lowest BCUT2D eigenvalue weighted by atomic mass is 10.3. The second kappa shape index (κ2) is 5.14. The molecule has 0 aliphatic carbocycles. The van der Waals surface area contributed by atoms with E-state index in [1.165, 1.54) is 6.07 Å². The van der Waals surface area contributed by atoms with Crippen molar-refractivity contribution in [2.75, 3.05) is 13.2 Å². The van der Waals surface area contributed by atoms with Crippen molar-refractivity contribution in [3.05, 3.63) is 22.7 Å². The molecule has 1 heterocycles. The van der Waals surface area contributed by atoms with Gasteiger partial charge in [-0.2, -0.15) is 0 Å². The molecule has 1 fully saturated rings. The van der Waals surface area contributed by atoms with Gasteiger partial charge < -0.3 is 9.47 Å². The summed E-state index contributed by atoms with van der Waals surface area (Å²) in [6.07, 6.45) is 0.631. The molecule has 1 aromatic rings. The molecule has 1 atom stereocenters. The summed E-state index contributed by atoms with van der Waals surface area (Å²) < 4.78 is 34.2. The molecule has 0 N–H and O–H groups in total. The van der Waals surface area contributed by atoms with Crippen LogP contribution in [0.1, 0.15) is 6.42 Å². The lowest BCUT2D eigenvalue weighted by molar-refractivity contribution is 0.139. The van der Waals surface area contributed by atoms with Crippen molar-refractivity contribution < 1.29 is 17.9 Å². The van der Waals surface area contributed by atoms with Gasteiger partial charge in [-0.05, 0) is 18.2 Å². The van der Waals surface area contributed by atoms with Gasteiger partial charge in [0, 0.05) is 21.6 Å². The third kappa shape index (κ3) is 3.34. The molecule has 1 saturated heterocycles. The first-order chi connectivity index (χ1) is 7.97. The second-order valence-electron chi connectivity index (χ2n) is 3.63. The molecule has 94 valence electrons. The molecule has 2 rings (SSSR count). The van der Waals surface area contributed by atoms with Crippen LogP contribution in [0.15, 0.2) is 27.6 Å². The molecule has 1 aromatic carbocycles. The van der Waals surface area contributed by atoms with Crippen LogP contribution in [-0.4, -0.2) is 27.7 Å². The Kier molecular flexibility index (Phi) is 3.97. The van der Waals surface area contributed by atoms with E-state index >= 15 is 0 Å². The molecular formula is C10H10BrClO4S. The standard InChI is InChI=1S/C10H10BrClO4S/c11-7-1-2-9(10(5-7)17(12,13)14)16-8-3-4-15-6-8/h1-2,5,8H,3-4,6H2. The number of ether oxygens (including phenoxy) is 2. The van der Waals surface area contributed by atoms with Crippen LogP contribution in [0.2, 0.25) is 0 Å². The van der Waals surface area contributed by atoms with Crippen molar-refractivity contribution in [3.63, 3.8) is 0 Å². The highest BCUT2D eigenvalue weighted by molar-refractivity contribution is 9.10. The van der Waals surface area contributed by atoms with Gasteiger partial charge in [0.1, 0.15) is 16.7 Å². The first kappa shape index (κ1) is 13.1. The summed E-state index contributed by atoms with van der Waals surface area (Å²) in [5.74, 6) is 0.263. The van der Waals surface area contributed by atoms with Gasteiger partial charge in [-0.25, -0.2) is 8.42 Å².